The van der Waals surface area contributed by atoms with Gasteiger partial charge in [-0.25, -0.2) is 0 Å². The lowest BCUT2D eigenvalue weighted by atomic mass is 10.1. The van der Waals surface area contributed by atoms with Gasteiger partial charge in [0.05, 0.1) is 18.4 Å². The van der Waals surface area contributed by atoms with Crippen molar-refractivity contribution in [2.45, 2.75) is 20.3 Å². The van der Waals surface area contributed by atoms with Gasteiger partial charge in [0.1, 0.15) is 16.8 Å². The number of methoxy groups -OCH3 is 1. The van der Waals surface area contributed by atoms with Gasteiger partial charge in [0.25, 0.3) is 5.91 Å². The number of rotatable bonds is 5. The number of carbonyl (C=O) groups excluding carboxylic acids is 1. The fourth-order valence-corrected chi connectivity index (χ4v) is 3.93. The molecular weight excluding hydrogens is 502 g/mol. The lowest BCUT2D eigenvalue weighted by Crippen LogP contribution is -2.34. The lowest BCUT2D eigenvalue weighted by molar-refractivity contribution is 0.0974. The van der Waals surface area contributed by atoms with Gasteiger partial charge >= 0.3 is 0 Å². The van der Waals surface area contributed by atoms with E-state index >= 15 is 0 Å². The van der Waals surface area contributed by atoms with Gasteiger partial charge in [0.15, 0.2) is 5.11 Å². The number of benzene rings is 3. The van der Waals surface area contributed by atoms with Crippen LogP contribution in [0.3, 0.4) is 0 Å². The van der Waals surface area contributed by atoms with Crippen molar-refractivity contribution < 1.29 is 9.53 Å². The van der Waals surface area contributed by atoms with Gasteiger partial charge in [-0.15, -0.1) is 10.2 Å². The third-order valence-electron chi connectivity index (χ3n) is 5.18. The summed E-state index contributed by atoms with van der Waals surface area (Å²) in [5, 5.41) is 15.2. The number of hydrogen-bond acceptors (Lipinski definition) is 5. The van der Waals surface area contributed by atoms with Crippen molar-refractivity contribution in [2.24, 2.45) is 0 Å². The van der Waals surface area contributed by atoms with Crippen LogP contribution in [0.1, 0.15) is 28.4 Å². The topological polar surface area (TPSA) is 81.1 Å². The van der Waals surface area contributed by atoms with E-state index in [1.165, 1.54) is 12.7 Å². The third kappa shape index (κ3) is 5.04. The van der Waals surface area contributed by atoms with Gasteiger partial charge < -0.3 is 10.1 Å². The summed E-state index contributed by atoms with van der Waals surface area (Å²) < 4.78 is 6.04. The number of carbonyl (C=O) groups is 1. The van der Waals surface area contributed by atoms with E-state index in [9.17, 15) is 4.79 Å². The lowest BCUT2D eigenvalue weighted by Gasteiger charge is -2.13. The predicted octanol–water partition coefficient (Wildman–Crippen LogP) is 5.19. The van der Waals surface area contributed by atoms with Crippen LogP contribution in [0, 0.1) is 6.92 Å². The molecule has 4 aromatic rings. The largest absolute Gasteiger partial charge is 0.496 e. The number of ether oxygens (including phenoxy) is 1. The van der Waals surface area contributed by atoms with E-state index in [1.54, 1.807) is 23.0 Å². The molecule has 1 aromatic heterocycles. The zero-order valence-electron chi connectivity index (χ0n) is 18.3. The number of aryl methyl sites for hydroxylation is 2. The Kier molecular flexibility index (Phi) is 6.71. The Morgan fingerprint density at radius 3 is 2.45 bits per heavy atom. The standard InChI is InChI=1S/C24H22BrN5O2S/c1-4-15-5-8-17(9-6-15)30-28-20-11-14(2)19(13-21(20)29-30)26-24(33)27-23(31)18-12-16(25)7-10-22(18)32-3/h5-13H,4H2,1-3H3,(H2,26,27,31,33). The molecule has 0 fully saturated rings. The molecule has 4 rings (SSSR count). The van der Waals surface area contributed by atoms with Gasteiger partial charge in [0.2, 0.25) is 0 Å². The number of aromatic nitrogens is 3. The van der Waals surface area contributed by atoms with Crippen LogP contribution in [0.4, 0.5) is 5.69 Å². The van der Waals surface area contributed by atoms with Crippen LogP contribution in [0.25, 0.3) is 16.7 Å². The van der Waals surface area contributed by atoms with E-state index in [2.05, 4.69) is 55.8 Å². The number of anilines is 1. The van der Waals surface area contributed by atoms with E-state index in [0.29, 0.717) is 16.8 Å². The van der Waals surface area contributed by atoms with Crippen LogP contribution in [-0.2, 0) is 6.42 Å². The summed E-state index contributed by atoms with van der Waals surface area (Å²) in [5.41, 5.74) is 5.67. The van der Waals surface area contributed by atoms with Crippen molar-refractivity contribution in [2.75, 3.05) is 12.4 Å². The summed E-state index contributed by atoms with van der Waals surface area (Å²) in [4.78, 5) is 14.3. The molecule has 0 aliphatic carbocycles. The quantitative estimate of drug-likeness (QED) is 0.350. The van der Waals surface area contributed by atoms with Crippen molar-refractivity contribution in [1.82, 2.24) is 20.3 Å². The molecule has 7 nitrogen and oxygen atoms in total. The first-order valence-corrected chi connectivity index (χ1v) is 11.5. The highest BCUT2D eigenvalue weighted by Crippen LogP contribution is 2.24. The first kappa shape index (κ1) is 22.9. The summed E-state index contributed by atoms with van der Waals surface area (Å²) in [6.07, 6.45) is 0.980. The van der Waals surface area contributed by atoms with Crippen LogP contribution in [0.15, 0.2) is 59.1 Å². The first-order chi connectivity index (χ1) is 15.9. The summed E-state index contributed by atoms with van der Waals surface area (Å²) in [6, 6.07) is 17.2. The molecule has 0 atom stereocenters. The van der Waals surface area contributed by atoms with Gasteiger partial charge in [-0.2, -0.15) is 4.80 Å². The second kappa shape index (κ2) is 9.68. The molecule has 0 aliphatic heterocycles. The Hall–Kier alpha value is -3.30. The minimum absolute atomic E-state index is 0.173. The molecule has 168 valence electrons. The fourth-order valence-electron chi connectivity index (χ4n) is 3.36. The van der Waals surface area contributed by atoms with Crippen molar-refractivity contribution in [3.63, 3.8) is 0 Å². The maximum absolute atomic E-state index is 12.7. The molecule has 1 amide bonds. The number of nitrogens with one attached hydrogen (secondary N) is 2. The van der Waals surface area contributed by atoms with E-state index in [1.807, 2.05) is 31.2 Å². The van der Waals surface area contributed by atoms with Crippen LogP contribution in [0.2, 0.25) is 0 Å². The molecule has 2 N–H and O–H groups in total. The Labute approximate surface area is 205 Å². The van der Waals surface area contributed by atoms with Crippen molar-refractivity contribution in [3.8, 4) is 11.4 Å². The number of amides is 1. The SMILES string of the molecule is CCc1ccc(-n2nc3cc(C)c(NC(=S)NC(=O)c4cc(Br)ccc4OC)cc3n2)cc1. The van der Waals surface area contributed by atoms with E-state index in [4.69, 9.17) is 17.0 Å². The van der Waals surface area contributed by atoms with Gasteiger partial charge in [-0.05, 0) is 79.2 Å². The monoisotopic (exact) mass is 523 g/mol. The van der Waals surface area contributed by atoms with Crippen LogP contribution < -0.4 is 15.4 Å². The maximum atomic E-state index is 12.7. The minimum Gasteiger partial charge on any atom is -0.496 e. The molecule has 0 radical (unpaired) electrons. The second-order valence-electron chi connectivity index (χ2n) is 7.42. The Morgan fingerprint density at radius 2 is 1.79 bits per heavy atom. The highest BCUT2D eigenvalue weighted by Gasteiger charge is 2.15. The molecule has 1 heterocycles. The van der Waals surface area contributed by atoms with Crippen molar-refractivity contribution >= 4 is 55.9 Å². The summed E-state index contributed by atoms with van der Waals surface area (Å²) in [7, 11) is 1.51. The Balaban J connectivity index is 1.53. The molecule has 0 aliphatic rings. The van der Waals surface area contributed by atoms with Crippen LogP contribution in [-0.4, -0.2) is 33.1 Å². The summed E-state index contributed by atoms with van der Waals surface area (Å²) >= 11 is 8.75. The molecule has 3 aromatic carbocycles. The highest BCUT2D eigenvalue weighted by atomic mass is 79.9. The molecule has 33 heavy (non-hydrogen) atoms. The molecule has 0 bridgehead atoms. The average molecular weight is 524 g/mol. The van der Waals surface area contributed by atoms with Crippen molar-refractivity contribution in [1.29, 1.82) is 0 Å². The van der Waals surface area contributed by atoms with Gasteiger partial charge in [0, 0.05) is 10.2 Å². The van der Waals surface area contributed by atoms with Gasteiger partial charge in [-0.3, -0.25) is 10.1 Å². The molecule has 0 unspecified atom stereocenters. The number of hydrogen-bond donors (Lipinski definition) is 2. The molecule has 0 spiro atoms. The molecular formula is C24H22BrN5O2S. The second-order valence-corrected chi connectivity index (χ2v) is 8.74. The molecule has 9 heteroatoms. The fraction of sp³-hybridized carbons (Fsp3) is 0.167. The predicted molar refractivity (Wildman–Crippen MR) is 137 cm³/mol. The van der Waals surface area contributed by atoms with E-state index < -0.39 is 0 Å². The highest BCUT2D eigenvalue weighted by molar-refractivity contribution is 9.10. The first-order valence-electron chi connectivity index (χ1n) is 10.3. The molecule has 0 saturated carbocycles. The van der Waals surface area contributed by atoms with Crippen LogP contribution in [0.5, 0.6) is 5.75 Å². The number of nitrogens with zero attached hydrogens (tertiary/aromatic N) is 3. The smallest absolute Gasteiger partial charge is 0.261 e. The summed E-state index contributed by atoms with van der Waals surface area (Å²) in [5.74, 6) is 0.0885. The maximum Gasteiger partial charge on any atom is 0.261 e. The Bertz CT molecular complexity index is 1350. The number of thiocarbonyl (C=S) groups is 1. The summed E-state index contributed by atoms with van der Waals surface area (Å²) in [6.45, 7) is 4.06. The third-order valence-corrected chi connectivity index (χ3v) is 5.88. The van der Waals surface area contributed by atoms with E-state index in [0.717, 1.165) is 33.3 Å². The zero-order chi connectivity index (χ0) is 23.5. The molecule has 0 saturated heterocycles. The number of fused-ring (bicyclic) bond motifs is 1. The zero-order valence-corrected chi connectivity index (χ0v) is 20.8. The van der Waals surface area contributed by atoms with Crippen LogP contribution >= 0.6 is 28.1 Å². The Morgan fingerprint density at radius 1 is 1.09 bits per heavy atom. The minimum atomic E-state index is -0.370. The van der Waals surface area contributed by atoms with E-state index in [-0.39, 0.29) is 11.0 Å². The van der Waals surface area contributed by atoms with Crippen molar-refractivity contribution in [3.05, 3.63) is 75.8 Å². The van der Waals surface area contributed by atoms with Gasteiger partial charge in [-0.1, -0.05) is 35.0 Å². The number of halogens is 1. The average Bonchev–Trinajstić information content (AvgIpc) is 3.21. The normalized spacial score (nSPS) is 10.8.